The lowest BCUT2D eigenvalue weighted by molar-refractivity contribution is 0.0949. The van der Waals surface area contributed by atoms with Gasteiger partial charge in [0.05, 0.1) is 5.56 Å². The number of fused-ring (bicyclic) bond motifs is 1. The van der Waals surface area contributed by atoms with E-state index in [0.717, 1.165) is 17.5 Å². The van der Waals surface area contributed by atoms with Crippen LogP contribution in [-0.4, -0.2) is 26.0 Å². The monoisotopic (exact) mass is 246 g/mol. The van der Waals surface area contributed by atoms with E-state index in [9.17, 15) is 4.79 Å². The lowest BCUT2D eigenvalue weighted by atomic mass is 10.1. The number of rotatable bonds is 5. The summed E-state index contributed by atoms with van der Waals surface area (Å²) in [6, 6.07) is 7.54. The molecule has 1 atom stereocenters. The van der Waals surface area contributed by atoms with Crippen LogP contribution in [0.4, 0.5) is 0 Å². The maximum atomic E-state index is 12.0. The average Bonchev–Trinajstić information content (AvgIpc) is 2.80. The number of nitrogens with one attached hydrogen (secondary N) is 2. The Morgan fingerprint density at radius 3 is 2.89 bits per heavy atom. The number of para-hydroxylation sites is 1. The number of amides is 1. The first-order chi connectivity index (χ1) is 8.72. The number of carbonyl (C=O) groups is 1. The van der Waals surface area contributed by atoms with E-state index in [1.54, 1.807) is 0 Å². The molecule has 4 heteroatoms. The van der Waals surface area contributed by atoms with E-state index < -0.39 is 0 Å². The second-order valence-corrected chi connectivity index (χ2v) is 4.52. The van der Waals surface area contributed by atoms with Crippen molar-refractivity contribution in [2.24, 2.45) is 5.92 Å². The Bertz CT molecular complexity index is 533. The molecule has 2 rings (SSSR count). The summed E-state index contributed by atoms with van der Waals surface area (Å²) in [5.74, 6) is 0.319. The van der Waals surface area contributed by atoms with Crippen molar-refractivity contribution in [3.8, 4) is 0 Å². The third-order valence-corrected chi connectivity index (χ3v) is 2.89. The fourth-order valence-electron chi connectivity index (χ4n) is 1.94. The number of benzene rings is 1. The Morgan fingerprint density at radius 2 is 2.11 bits per heavy atom. The van der Waals surface area contributed by atoms with E-state index in [-0.39, 0.29) is 5.91 Å². The standard InChI is InChI=1S/C14H18N2O2/c1-10(7-15-2)8-16-14(17)12-9-18-13-6-4-3-5-11(12)13/h3-6,9-10,15H,7-8H2,1-2H3,(H,16,17)/t10-/m0/s1. The molecule has 0 spiro atoms. The highest BCUT2D eigenvalue weighted by Crippen LogP contribution is 2.20. The van der Waals surface area contributed by atoms with Gasteiger partial charge in [0.25, 0.3) is 5.91 Å². The SMILES string of the molecule is CNC[C@H](C)CNC(=O)c1coc2ccccc12. The Balaban J connectivity index is 2.05. The molecular weight excluding hydrogens is 228 g/mol. The molecule has 1 heterocycles. The highest BCUT2D eigenvalue weighted by atomic mass is 16.3. The molecule has 1 aromatic carbocycles. The van der Waals surface area contributed by atoms with E-state index >= 15 is 0 Å². The maximum Gasteiger partial charge on any atom is 0.255 e. The van der Waals surface area contributed by atoms with Crippen LogP contribution in [0.2, 0.25) is 0 Å². The minimum Gasteiger partial charge on any atom is -0.463 e. The third kappa shape index (κ3) is 2.71. The lowest BCUT2D eigenvalue weighted by Crippen LogP contribution is -2.32. The Morgan fingerprint density at radius 1 is 1.33 bits per heavy atom. The Hall–Kier alpha value is -1.81. The molecule has 18 heavy (non-hydrogen) atoms. The van der Waals surface area contributed by atoms with Gasteiger partial charge in [0.15, 0.2) is 0 Å². The Kier molecular flexibility index (Phi) is 3.99. The van der Waals surface area contributed by atoms with E-state index in [1.165, 1.54) is 6.26 Å². The minimum absolute atomic E-state index is 0.0806. The zero-order valence-electron chi connectivity index (χ0n) is 10.7. The van der Waals surface area contributed by atoms with Crippen LogP contribution in [-0.2, 0) is 0 Å². The smallest absolute Gasteiger partial charge is 0.255 e. The van der Waals surface area contributed by atoms with Gasteiger partial charge in [-0.3, -0.25) is 4.79 Å². The van der Waals surface area contributed by atoms with Gasteiger partial charge in [0.1, 0.15) is 11.8 Å². The first-order valence-corrected chi connectivity index (χ1v) is 6.11. The van der Waals surface area contributed by atoms with Crippen molar-refractivity contribution in [1.29, 1.82) is 0 Å². The molecule has 0 saturated carbocycles. The first-order valence-electron chi connectivity index (χ1n) is 6.11. The van der Waals surface area contributed by atoms with Gasteiger partial charge in [0.2, 0.25) is 0 Å². The summed E-state index contributed by atoms with van der Waals surface area (Å²) >= 11 is 0. The van der Waals surface area contributed by atoms with Gasteiger partial charge >= 0.3 is 0 Å². The summed E-state index contributed by atoms with van der Waals surface area (Å²) in [5.41, 5.74) is 1.34. The van der Waals surface area contributed by atoms with Crippen molar-refractivity contribution in [3.63, 3.8) is 0 Å². The van der Waals surface area contributed by atoms with Crippen LogP contribution in [0, 0.1) is 5.92 Å². The van der Waals surface area contributed by atoms with E-state index in [2.05, 4.69) is 17.6 Å². The van der Waals surface area contributed by atoms with E-state index in [4.69, 9.17) is 4.42 Å². The van der Waals surface area contributed by atoms with Gasteiger partial charge < -0.3 is 15.1 Å². The van der Waals surface area contributed by atoms with Crippen LogP contribution in [0.25, 0.3) is 11.0 Å². The molecule has 0 aliphatic carbocycles. The quantitative estimate of drug-likeness (QED) is 0.848. The topological polar surface area (TPSA) is 54.3 Å². The molecule has 0 bridgehead atoms. The number of hydrogen-bond donors (Lipinski definition) is 2. The van der Waals surface area contributed by atoms with Gasteiger partial charge in [-0.15, -0.1) is 0 Å². The van der Waals surface area contributed by atoms with Crippen LogP contribution in [0.3, 0.4) is 0 Å². The highest BCUT2D eigenvalue weighted by molar-refractivity contribution is 6.05. The second kappa shape index (κ2) is 5.69. The number of furan rings is 1. The predicted molar refractivity (Wildman–Crippen MR) is 71.6 cm³/mol. The predicted octanol–water partition coefficient (Wildman–Crippen LogP) is 2.02. The normalized spacial score (nSPS) is 12.6. The van der Waals surface area contributed by atoms with Crippen molar-refractivity contribution in [2.45, 2.75) is 6.92 Å². The van der Waals surface area contributed by atoms with Crippen LogP contribution in [0.5, 0.6) is 0 Å². The molecule has 2 N–H and O–H groups in total. The number of hydrogen-bond acceptors (Lipinski definition) is 3. The van der Waals surface area contributed by atoms with Crippen molar-refractivity contribution in [2.75, 3.05) is 20.1 Å². The van der Waals surface area contributed by atoms with Crippen molar-refractivity contribution < 1.29 is 9.21 Å². The summed E-state index contributed by atoms with van der Waals surface area (Å²) in [4.78, 5) is 12.0. The summed E-state index contributed by atoms with van der Waals surface area (Å²) in [6.45, 7) is 3.62. The molecule has 2 aromatic rings. The van der Waals surface area contributed by atoms with Crippen LogP contribution in [0.15, 0.2) is 34.9 Å². The Labute approximate surface area is 106 Å². The van der Waals surface area contributed by atoms with Gasteiger partial charge in [0, 0.05) is 11.9 Å². The molecule has 0 radical (unpaired) electrons. The van der Waals surface area contributed by atoms with Gasteiger partial charge in [-0.1, -0.05) is 25.1 Å². The molecule has 4 nitrogen and oxygen atoms in total. The van der Waals surface area contributed by atoms with Crippen LogP contribution >= 0.6 is 0 Å². The summed E-state index contributed by atoms with van der Waals surface area (Å²) in [5, 5.41) is 6.87. The molecule has 1 aromatic heterocycles. The molecule has 0 unspecified atom stereocenters. The molecule has 0 fully saturated rings. The minimum atomic E-state index is -0.0806. The second-order valence-electron chi connectivity index (χ2n) is 4.52. The number of carbonyl (C=O) groups excluding carboxylic acids is 1. The summed E-state index contributed by atoms with van der Waals surface area (Å²) < 4.78 is 5.35. The van der Waals surface area contributed by atoms with Gasteiger partial charge in [-0.2, -0.15) is 0 Å². The summed E-state index contributed by atoms with van der Waals surface area (Å²) in [6.07, 6.45) is 1.52. The highest BCUT2D eigenvalue weighted by Gasteiger charge is 2.13. The van der Waals surface area contributed by atoms with E-state index in [1.807, 2.05) is 31.3 Å². The van der Waals surface area contributed by atoms with E-state index in [0.29, 0.717) is 18.0 Å². The average molecular weight is 246 g/mol. The zero-order chi connectivity index (χ0) is 13.0. The first kappa shape index (κ1) is 12.6. The van der Waals surface area contributed by atoms with Crippen LogP contribution < -0.4 is 10.6 Å². The fraction of sp³-hybridized carbons (Fsp3) is 0.357. The maximum absolute atomic E-state index is 12.0. The van der Waals surface area contributed by atoms with Crippen molar-refractivity contribution in [3.05, 3.63) is 36.1 Å². The van der Waals surface area contributed by atoms with Gasteiger partial charge in [-0.05, 0) is 25.6 Å². The van der Waals surface area contributed by atoms with Crippen LogP contribution in [0.1, 0.15) is 17.3 Å². The molecule has 0 aliphatic rings. The molecular formula is C14H18N2O2. The molecule has 0 saturated heterocycles. The van der Waals surface area contributed by atoms with Crippen molar-refractivity contribution in [1.82, 2.24) is 10.6 Å². The molecule has 96 valence electrons. The fourth-order valence-corrected chi connectivity index (χ4v) is 1.94. The van der Waals surface area contributed by atoms with Crippen molar-refractivity contribution >= 4 is 16.9 Å². The molecule has 1 amide bonds. The summed E-state index contributed by atoms with van der Waals surface area (Å²) in [7, 11) is 1.90. The largest absolute Gasteiger partial charge is 0.463 e. The lowest BCUT2D eigenvalue weighted by Gasteiger charge is -2.11. The zero-order valence-corrected chi connectivity index (χ0v) is 10.7. The third-order valence-electron chi connectivity index (χ3n) is 2.89. The molecule has 0 aliphatic heterocycles. The van der Waals surface area contributed by atoms with Gasteiger partial charge in [-0.25, -0.2) is 0 Å².